The summed E-state index contributed by atoms with van der Waals surface area (Å²) in [5.74, 6) is 3.45. The summed E-state index contributed by atoms with van der Waals surface area (Å²) in [4.78, 5) is 5.56. The van der Waals surface area contributed by atoms with Crippen molar-refractivity contribution in [1.82, 2.24) is 0 Å². The number of hydrogen-bond acceptors (Lipinski definition) is 2. The molecule has 4 fully saturated rings. The van der Waals surface area contributed by atoms with E-state index in [1.165, 1.54) is 110 Å². The van der Waals surface area contributed by atoms with Crippen LogP contribution in [0.1, 0.15) is 113 Å². The maximum Gasteiger partial charge on any atom is 0.0465 e. The molecule has 4 saturated carbocycles. The second-order valence-corrected chi connectivity index (χ2v) is 22.7. The predicted molar refractivity (Wildman–Crippen MR) is 246 cm³/mol. The summed E-state index contributed by atoms with van der Waals surface area (Å²) in [5, 5.41) is 0. The highest BCUT2D eigenvalue weighted by atomic mass is 32.2. The number of benzene rings is 6. The molecule has 7 aliphatic rings. The second-order valence-electron chi connectivity index (χ2n) is 21.7. The van der Waals surface area contributed by atoms with E-state index in [9.17, 15) is 0 Å². The van der Waals surface area contributed by atoms with Gasteiger partial charge >= 0.3 is 0 Å². The van der Waals surface area contributed by atoms with Gasteiger partial charge in [0.2, 0.25) is 0 Å². The molecule has 0 amide bonds. The molecule has 0 saturated heterocycles. The van der Waals surface area contributed by atoms with Crippen molar-refractivity contribution < 1.29 is 0 Å². The van der Waals surface area contributed by atoms with Crippen LogP contribution in [-0.4, -0.2) is 0 Å². The Kier molecular flexibility index (Phi) is 6.83. The first-order valence-electron chi connectivity index (χ1n) is 22.6. The normalized spacial score (nSPS) is 29.6. The van der Waals surface area contributed by atoms with Crippen molar-refractivity contribution in [3.8, 4) is 22.3 Å². The predicted octanol–water partition coefficient (Wildman–Crippen LogP) is 15.3. The molecule has 1 heterocycles. The summed E-state index contributed by atoms with van der Waals surface area (Å²) in [5.41, 5.74) is 19.3. The second kappa shape index (κ2) is 11.4. The van der Waals surface area contributed by atoms with Gasteiger partial charge in [-0.1, -0.05) is 132 Å². The highest BCUT2D eigenvalue weighted by Gasteiger charge is 2.84. The Labute approximate surface area is 355 Å². The van der Waals surface area contributed by atoms with Gasteiger partial charge in [-0.05, 0) is 183 Å². The Morgan fingerprint density at radius 2 is 1.12 bits per heavy atom. The minimum absolute atomic E-state index is 0.0741. The largest absolute Gasteiger partial charge is 0.310 e. The van der Waals surface area contributed by atoms with Gasteiger partial charge in [-0.2, -0.15) is 0 Å². The van der Waals surface area contributed by atoms with Crippen LogP contribution in [0.3, 0.4) is 0 Å². The molecule has 0 N–H and O–H groups in total. The van der Waals surface area contributed by atoms with E-state index >= 15 is 0 Å². The summed E-state index contributed by atoms with van der Waals surface area (Å²) >= 11 is 2.02. The average Bonchev–Trinajstić information content (AvgIpc) is 3.85. The van der Waals surface area contributed by atoms with Gasteiger partial charge in [0.05, 0.1) is 0 Å². The van der Waals surface area contributed by atoms with Crippen molar-refractivity contribution in [2.45, 2.75) is 112 Å². The summed E-state index contributed by atoms with van der Waals surface area (Å²) in [6.07, 6.45) is 8.28. The molecule has 2 heteroatoms. The van der Waals surface area contributed by atoms with Crippen LogP contribution in [0.5, 0.6) is 0 Å². The van der Waals surface area contributed by atoms with Crippen LogP contribution in [0.25, 0.3) is 22.3 Å². The Morgan fingerprint density at radius 1 is 0.492 bits per heavy atom. The maximum absolute atomic E-state index is 2.67. The van der Waals surface area contributed by atoms with Crippen LogP contribution < -0.4 is 4.90 Å². The first-order valence-corrected chi connectivity index (χ1v) is 23.4. The molecular formula is C57H55NS. The molecule has 6 aliphatic carbocycles. The van der Waals surface area contributed by atoms with Crippen molar-refractivity contribution in [2.75, 3.05) is 4.90 Å². The molecule has 1 aliphatic heterocycles. The minimum Gasteiger partial charge on any atom is -0.310 e. The van der Waals surface area contributed by atoms with Crippen LogP contribution in [-0.2, 0) is 21.7 Å². The molecule has 6 aromatic carbocycles. The third kappa shape index (κ3) is 4.35. The molecule has 294 valence electrons. The maximum atomic E-state index is 2.67. The van der Waals surface area contributed by atoms with Crippen LogP contribution >= 0.6 is 11.8 Å². The first-order chi connectivity index (χ1) is 28.4. The Morgan fingerprint density at radius 3 is 1.92 bits per heavy atom. The Hall–Kier alpha value is -4.53. The number of anilines is 3. The molecule has 6 unspecified atom stereocenters. The lowest BCUT2D eigenvalue weighted by atomic mass is 9.26. The number of fused-ring (bicyclic) bond motifs is 11. The van der Waals surface area contributed by atoms with E-state index in [4.69, 9.17) is 0 Å². The highest BCUT2D eigenvalue weighted by Crippen LogP contribution is 2.89. The fourth-order valence-electron chi connectivity index (χ4n) is 15.1. The quantitative estimate of drug-likeness (QED) is 0.175. The molecule has 13 rings (SSSR count). The molecule has 0 radical (unpaired) electrons. The van der Waals surface area contributed by atoms with E-state index in [0.29, 0.717) is 5.41 Å². The van der Waals surface area contributed by atoms with Crippen molar-refractivity contribution in [3.05, 3.63) is 161 Å². The minimum atomic E-state index is -0.0741. The molecule has 59 heavy (non-hydrogen) atoms. The molecule has 6 aromatic rings. The third-order valence-electron chi connectivity index (χ3n) is 17.9. The SMILES string of the molecule is CC1(C)CCC(C)(C)c2cc(-c3ccc(N(c4ccc5c(c4)C(C)(C)c4ccccc4-5)c4ccc5c(c4)C4(c6ccccc6S5)C5CC6CC7CC4C75C6)cc3)ccc21. The Bertz CT molecular complexity index is 2790. The fourth-order valence-corrected chi connectivity index (χ4v) is 16.3. The van der Waals surface area contributed by atoms with E-state index in [0.717, 1.165) is 23.7 Å². The first kappa shape index (κ1) is 35.2. The van der Waals surface area contributed by atoms with Crippen LogP contribution in [0.2, 0.25) is 0 Å². The third-order valence-corrected chi connectivity index (χ3v) is 19.0. The van der Waals surface area contributed by atoms with Gasteiger partial charge in [0.15, 0.2) is 0 Å². The molecule has 0 aromatic heterocycles. The molecule has 2 spiro atoms. The molecule has 1 nitrogen and oxygen atoms in total. The van der Waals surface area contributed by atoms with Gasteiger partial charge in [-0.15, -0.1) is 0 Å². The van der Waals surface area contributed by atoms with Gasteiger partial charge in [0.1, 0.15) is 0 Å². The average molecular weight is 786 g/mol. The van der Waals surface area contributed by atoms with Crippen molar-refractivity contribution in [2.24, 2.45) is 29.1 Å². The van der Waals surface area contributed by atoms with Crippen molar-refractivity contribution >= 4 is 28.8 Å². The van der Waals surface area contributed by atoms with Crippen molar-refractivity contribution in [1.29, 1.82) is 0 Å². The number of nitrogens with zero attached hydrogens (tertiary/aromatic N) is 1. The van der Waals surface area contributed by atoms with E-state index in [-0.39, 0.29) is 21.7 Å². The summed E-state index contributed by atoms with van der Waals surface area (Å²) < 4.78 is 0. The van der Waals surface area contributed by atoms with Gasteiger partial charge in [-0.25, -0.2) is 0 Å². The molecular weight excluding hydrogens is 731 g/mol. The fraction of sp³-hybridized carbons (Fsp3) is 0.368. The van der Waals surface area contributed by atoms with E-state index < -0.39 is 0 Å². The molecule has 6 atom stereocenters. The zero-order valence-corrected chi connectivity index (χ0v) is 36.3. The standard InChI is InChI=1S/C57H55NS/c1-53(2)25-26-54(3,4)47-29-36(17-23-44(47)53)35-15-18-38(19-16-35)58(39-20-22-42-41-11-7-8-12-43(41)55(5,6)46(42)31-39)40-21-24-50-48(32-40)57(45-13-9-10-14-49(45)59-50)51-28-34-27-37-30-52(57)56(37,51)33-34/h7-24,29,31-32,34,37,51-52H,25-28,30,33H2,1-6H3. The molecule has 2 bridgehead atoms. The number of hydrogen-bond donors (Lipinski definition) is 0. The van der Waals surface area contributed by atoms with E-state index in [1.54, 1.807) is 11.1 Å². The van der Waals surface area contributed by atoms with Gasteiger partial charge < -0.3 is 4.90 Å². The van der Waals surface area contributed by atoms with Gasteiger partial charge in [-0.3, -0.25) is 0 Å². The lowest BCUT2D eigenvalue weighted by molar-refractivity contribution is -0.235. The van der Waals surface area contributed by atoms with Gasteiger partial charge in [0.25, 0.3) is 0 Å². The zero-order valence-electron chi connectivity index (χ0n) is 35.5. The lowest BCUT2D eigenvalue weighted by Crippen LogP contribution is -2.74. The summed E-state index contributed by atoms with van der Waals surface area (Å²) in [7, 11) is 0. The van der Waals surface area contributed by atoms with Gasteiger partial charge in [0, 0.05) is 37.7 Å². The zero-order chi connectivity index (χ0) is 39.8. The van der Waals surface area contributed by atoms with E-state index in [2.05, 4.69) is 174 Å². The van der Waals surface area contributed by atoms with E-state index in [1.807, 2.05) is 11.8 Å². The Balaban J connectivity index is 0.967. The van der Waals surface area contributed by atoms with Crippen LogP contribution in [0.4, 0.5) is 17.1 Å². The number of rotatable bonds is 4. The summed E-state index contributed by atoms with van der Waals surface area (Å²) in [6, 6.07) is 50.3. The lowest BCUT2D eigenvalue weighted by Gasteiger charge is -2.78. The summed E-state index contributed by atoms with van der Waals surface area (Å²) in [6.45, 7) is 14.5. The smallest absolute Gasteiger partial charge is 0.0465 e. The topological polar surface area (TPSA) is 3.24 Å². The van der Waals surface area contributed by atoms with Crippen LogP contribution in [0.15, 0.2) is 137 Å². The monoisotopic (exact) mass is 785 g/mol. The highest BCUT2D eigenvalue weighted by molar-refractivity contribution is 7.99. The van der Waals surface area contributed by atoms with Crippen molar-refractivity contribution in [3.63, 3.8) is 0 Å². The van der Waals surface area contributed by atoms with Crippen LogP contribution in [0, 0.1) is 29.1 Å².